The summed E-state index contributed by atoms with van der Waals surface area (Å²) in [5, 5.41) is -0.140. The van der Waals surface area contributed by atoms with E-state index in [0.29, 0.717) is 19.7 Å². The highest BCUT2D eigenvalue weighted by Crippen LogP contribution is 2.20. The lowest BCUT2D eigenvalue weighted by molar-refractivity contribution is 0.0947. The van der Waals surface area contributed by atoms with Crippen LogP contribution in [0.4, 0.5) is 0 Å². The molecule has 2 heterocycles. The first-order valence-corrected chi connectivity index (χ1v) is 8.27. The molecule has 1 aromatic heterocycles. The van der Waals surface area contributed by atoms with Crippen molar-refractivity contribution in [3.05, 3.63) is 27.6 Å². The minimum atomic E-state index is -3.68. The van der Waals surface area contributed by atoms with Crippen molar-refractivity contribution in [1.82, 2.24) is 9.29 Å². The third-order valence-corrected chi connectivity index (χ3v) is 5.45. The summed E-state index contributed by atoms with van der Waals surface area (Å²) in [5.41, 5.74) is -0.507. The molecule has 1 aliphatic heterocycles. The average molecular weight is 321 g/mol. The zero-order chi connectivity index (χ0) is 14.8. The fraction of sp³-hybridized carbons (Fsp3) is 0.583. The topological polar surface area (TPSA) is 79.5 Å². The van der Waals surface area contributed by atoms with Crippen molar-refractivity contribution >= 4 is 21.6 Å². The van der Waals surface area contributed by atoms with Crippen LogP contribution in [0.3, 0.4) is 0 Å². The van der Waals surface area contributed by atoms with E-state index >= 15 is 0 Å². The second-order valence-corrected chi connectivity index (χ2v) is 6.95. The van der Waals surface area contributed by atoms with Gasteiger partial charge in [-0.1, -0.05) is 18.5 Å². The average Bonchev–Trinajstić information content (AvgIpc) is 2.91. The molecule has 1 saturated heterocycles. The zero-order valence-corrected chi connectivity index (χ0v) is 12.7. The van der Waals surface area contributed by atoms with Crippen LogP contribution in [0.15, 0.2) is 22.0 Å². The van der Waals surface area contributed by atoms with Crippen LogP contribution in [-0.2, 0) is 14.8 Å². The molecule has 112 valence electrons. The van der Waals surface area contributed by atoms with E-state index in [1.807, 2.05) is 0 Å². The number of H-pyrrole nitrogens is 1. The third kappa shape index (κ3) is 3.22. The van der Waals surface area contributed by atoms with Crippen molar-refractivity contribution in [2.75, 3.05) is 19.7 Å². The van der Waals surface area contributed by atoms with Crippen LogP contribution in [0, 0.1) is 0 Å². The Bertz CT molecular complexity index is 623. The van der Waals surface area contributed by atoms with Gasteiger partial charge in [-0.15, -0.1) is 0 Å². The zero-order valence-electron chi connectivity index (χ0n) is 11.1. The van der Waals surface area contributed by atoms with Gasteiger partial charge >= 0.3 is 0 Å². The van der Waals surface area contributed by atoms with E-state index in [4.69, 9.17) is 16.3 Å². The largest absolute Gasteiger partial charge is 0.377 e. The van der Waals surface area contributed by atoms with Crippen LogP contribution in [0.2, 0.25) is 5.02 Å². The molecule has 1 fully saturated rings. The fourth-order valence-electron chi connectivity index (χ4n) is 2.15. The van der Waals surface area contributed by atoms with Gasteiger partial charge in [-0.2, -0.15) is 4.31 Å². The minimum absolute atomic E-state index is 0.0121. The van der Waals surface area contributed by atoms with E-state index in [2.05, 4.69) is 4.98 Å². The predicted molar refractivity (Wildman–Crippen MR) is 75.5 cm³/mol. The molecule has 8 heteroatoms. The molecule has 1 N–H and O–H groups in total. The second-order valence-electron chi connectivity index (χ2n) is 4.60. The number of hydrogen-bond donors (Lipinski definition) is 1. The quantitative estimate of drug-likeness (QED) is 0.884. The number of aromatic amines is 1. The van der Waals surface area contributed by atoms with Crippen LogP contribution in [-0.4, -0.2) is 43.5 Å². The highest BCUT2D eigenvalue weighted by Gasteiger charge is 2.28. The molecule has 0 amide bonds. The number of sulfonamides is 1. The van der Waals surface area contributed by atoms with Gasteiger partial charge in [0.25, 0.3) is 5.56 Å². The Morgan fingerprint density at radius 3 is 2.85 bits per heavy atom. The number of halogens is 1. The highest BCUT2D eigenvalue weighted by atomic mass is 35.5. The first kappa shape index (κ1) is 15.5. The molecule has 2 rings (SSSR count). The predicted octanol–water partition coefficient (Wildman–Crippen LogP) is 1.22. The Hall–Kier alpha value is -0.890. The second kappa shape index (κ2) is 6.26. The summed E-state index contributed by atoms with van der Waals surface area (Å²) < 4.78 is 31.8. The number of nitrogens with one attached hydrogen (secondary N) is 1. The molecular formula is C12H17ClN2O4S. The molecule has 1 atom stereocenters. The molecule has 1 aliphatic rings. The van der Waals surface area contributed by atoms with E-state index in [-0.39, 0.29) is 16.0 Å². The summed E-state index contributed by atoms with van der Waals surface area (Å²) in [7, 11) is -3.68. The maximum atomic E-state index is 12.5. The third-order valence-electron chi connectivity index (χ3n) is 3.25. The number of likely N-dealkylation sites (N-methyl/N-ethyl adjacent to an activating group) is 1. The van der Waals surface area contributed by atoms with E-state index in [0.717, 1.165) is 12.8 Å². The van der Waals surface area contributed by atoms with Crippen LogP contribution >= 0.6 is 11.6 Å². The number of ether oxygens (including phenoxy) is 1. The maximum absolute atomic E-state index is 12.5. The van der Waals surface area contributed by atoms with Gasteiger partial charge in [0, 0.05) is 25.9 Å². The Morgan fingerprint density at radius 1 is 1.55 bits per heavy atom. The van der Waals surface area contributed by atoms with E-state index in [1.54, 1.807) is 6.92 Å². The highest BCUT2D eigenvalue weighted by molar-refractivity contribution is 7.89. The first-order valence-electron chi connectivity index (χ1n) is 6.45. The van der Waals surface area contributed by atoms with Crippen molar-refractivity contribution in [3.8, 4) is 0 Å². The molecule has 1 unspecified atom stereocenters. The summed E-state index contributed by atoms with van der Waals surface area (Å²) in [5.74, 6) is 0. The van der Waals surface area contributed by atoms with Crippen molar-refractivity contribution < 1.29 is 13.2 Å². The molecule has 0 aromatic carbocycles. The summed E-state index contributed by atoms with van der Waals surface area (Å²) in [6.07, 6.45) is 2.91. The number of hydrogen-bond acceptors (Lipinski definition) is 4. The molecule has 0 radical (unpaired) electrons. The van der Waals surface area contributed by atoms with Crippen molar-refractivity contribution in [2.24, 2.45) is 0 Å². The Labute approximate surface area is 122 Å². The summed E-state index contributed by atoms with van der Waals surface area (Å²) in [6, 6.07) is 1.17. The Morgan fingerprint density at radius 2 is 2.30 bits per heavy atom. The number of aromatic nitrogens is 1. The monoisotopic (exact) mass is 320 g/mol. The van der Waals surface area contributed by atoms with Gasteiger partial charge in [-0.25, -0.2) is 8.42 Å². The van der Waals surface area contributed by atoms with Gasteiger partial charge in [-0.3, -0.25) is 4.79 Å². The smallest absolute Gasteiger partial charge is 0.266 e. The van der Waals surface area contributed by atoms with Gasteiger partial charge in [0.05, 0.1) is 11.0 Å². The summed E-state index contributed by atoms with van der Waals surface area (Å²) in [6.45, 7) is 3.08. The number of nitrogens with zero attached hydrogens (tertiary/aromatic N) is 1. The van der Waals surface area contributed by atoms with Gasteiger partial charge in [0.15, 0.2) is 0 Å². The minimum Gasteiger partial charge on any atom is -0.377 e. The molecule has 20 heavy (non-hydrogen) atoms. The van der Waals surface area contributed by atoms with Crippen LogP contribution in [0.1, 0.15) is 19.8 Å². The lowest BCUT2D eigenvalue weighted by atomic mass is 10.2. The lowest BCUT2D eigenvalue weighted by Gasteiger charge is -2.23. The molecule has 0 saturated carbocycles. The Kier molecular flexibility index (Phi) is 4.85. The van der Waals surface area contributed by atoms with Crippen LogP contribution < -0.4 is 5.56 Å². The Balaban J connectivity index is 2.25. The molecular weight excluding hydrogens is 304 g/mol. The van der Waals surface area contributed by atoms with Crippen molar-refractivity contribution in [2.45, 2.75) is 30.8 Å². The normalized spacial score (nSPS) is 19.6. The lowest BCUT2D eigenvalue weighted by Crippen LogP contribution is -2.37. The molecule has 1 aromatic rings. The molecule has 0 aliphatic carbocycles. The van der Waals surface area contributed by atoms with Crippen molar-refractivity contribution in [3.63, 3.8) is 0 Å². The number of pyridine rings is 1. The fourth-order valence-corrected chi connectivity index (χ4v) is 3.86. The van der Waals surface area contributed by atoms with Crippen LogP contribution in [0.5, 0.6) is 0 Å². The van der Waals surface area contributed by atoms with Gasteiger partial charge in [0.1, 0.15) is 5.02 Å². The summed E-state index contributed by atoms with van der Waals surface area (Å²) in [4.78, 5) is 13.5. The van der Waals surface area contributed by atoms with Crippen LogP contribution in [0.25, 0.3) is 0 Å². The van der Waals surface area contributed by atoms with Crippen molar-refractivity contribution in [1.29, 1.82) is 0 Å². The number of rotatable bonds is 5. The van der Waals surface area contributed by atoms with E-state index in [9.17, 15) is 13.2 Å². The maximum Gasteiger partial charge on any atom is 0.266 e. The summed E-state index contributed by atoms with van der Waals surface area (Å²) >= 11 is 5.69. The van der Waals surface area contributed by atoms with E-state index in [1.165, 1.54) is 16.6 Å². The standard InChI is InChI=1S/C12H17ClN2O4S/c1-2-15(8-9-4-3-5-19-9)20(17,18)10-6-11(13)12(16)14-7-10/h6-7,9H,2-5,8H2,1H3,(H,14,16). The molecule has 6 nitrogen and oxygen atoms in total. The first-order chi connectivity index (χ1) is 9.45. The van der Waals surface area contributed by atoms with Gasteiger partial charge < -0.3 is 9.72 Å². The van der Waals surface area contributed by atoms with Gasteiger partial charge in [0.2, 0.25) is 10.0 Å². The van der Waals surface area contributed by atoms with E-state index < -0.39 is 15.6 Å². The molecule has 0 spiro atoms. The van der Waals surface area contributed by atoms with Gasteiger partial charge in [-0.05, 0) is 18.9 Å². The molecule has 0 bridgehead atoms. The SMILES string of the molecule is CCN(CC1CCCO1)S(=O)(=O)c1c[nH]c(=O)c(Cl)c1.